The molecule has 0 spiro atoms. The minimum Gasteiger partial charge on any atom is -0.333 e. The van der Waals surface area contributed by atoms with Crippen molar-refractivity contribution in [2.75, 3.05) is 19.6 Å². The van der Waals surface area contributed by atoms with Crippen LogP contribution in [0.4, 0.5) is 0 Å². The summed E-state index contributed by atoms with van der Waals surface area (Å²) in [5.41, 5.74) is 5.50. The molecule has 4 heteroatoms. The van der Waals surface area contributed by atoms with E-state index in [0.29, 0.717) is 12.2 Å². The minimum atomic E-state index is -0.409. The van der Waals surface area contributed by atoms with Crippen molar-refractivity contribution in [3.63, 3.8) is 0 Å². The van der Waals surface area contributed by atoms with Crippen LogP contribution in [0, 0.1) is 0 Å². The summed E-state index contributed by atoms with van der Waals surface area (Å²) < 4.78 is 12.0. The third-order valence-corrected chi connectivity index (χ3v) is 3.40. The fourth-order valence-corrected chi connectivity index (χ4v) is 2.80. The quantitative estimate of drug-likeness (QED) is 0.721. The van der Waals surface area contributed by atoms with Gasteiger partial charge < -0.3 is 15.2 Å². The molecular weight excluding hydrogens is 204 g/mol. The van der Waals surface area contributed by atoms with Gasteiger partial charge in [0.05, 0.1) is 12.2 Å². The van der Waals surface area contributed by atoms with Gasteiger partial charge in [0.2, 0.25) is 5.91 Å². The minimum absolute atomic E-state index is 0.294. The zero-order chi connectivity index (χ0) is 11.6. The Labute approximate surface area is 98.1 Å². The van der Waals surface area contributed by atoms with E-state index in [1.165, 1.54) is 6.42 Å². The van der Waals surface area contributed by atoms with E-state index in [-0.39, 0.29) is 0 Å². The molecule has 4 nitrogen and oxygen atoms in total. The summed E-state index contributed by atoms with van der Waals surface area (Å²) in [5.74, 6) is -0.409. The van der Waals surface area contributed by atoms with E-state index in [9.17, 15) is 0 Å². The Bertz CT molecular complexity index is 221. The van der Waals surface area contributed by atoms with Gasteiger partial charge in [0, 0.05) is 19.5 Å². The SMILES string of the molecule is CC1CN2CC(C)OC2(CCCCCN)O1. The zero-order valence-electron chi connectivity index (χ0n) is 10.4. The highest BCUT2D eigenvalue weighted by Crippen LogP contribution is 2.39. The van der Waals surface area contributed by atoms with Crippen LogP contribution in [-0.4, -0.2) is 42.7 Å². The molecule has 0 bridgehead atoms. The van der Waals surface area contributed by atoms with E-state index in [2.05, 4.69) is 18.7 Å². The van der Waals surface area contributed by atoms with Crippen LogP contribution >= 0.6 is 0 Å². The monoisotopic (exact) mass is 228 g/mol. The van der Waals surface area contributed by atoms with Gasteiger partial charge in [0.1, 0.15) is 0 Å². The molecule has 0 aromatic heterocycles. The van der Waals surface area contributed by atoms with E-state index < -0.39 is 5.91 Å². The number of hydrogen-bond acceptors (Lipinski definition) is 4. The summed E-state index contributed by atoms with van der Waals surface area (Å²) in [6, 6.07) is 0. The molecule has 0 aliphatic carbocycles. The van der Waals surface area contributed by atoms with Crippen molar-refractivity contribution in [3.05, 3.63) is 0 Å². The molecule has 2 saturated heterocycles. The van der Waals surface area contributed by atoms with E-state index in [4.69, 9.17) is 15.2 Å². The van der Waals surface area contributed by atoms with Crippen LogP contribution in [0.3, 0.4) is 0 Å². The highest BCUT2D eigenvalue weighted by atomic mass is 16.7. The van der Waals surface area contributed by atoms with Crippen molar-refractivity contribution in [1.29, 1.82) is 0 Å². The Balaban J connectivity index is 1.87. The first-order valence-corrected chi connectivity index (χ1v) is 6.47. The van der Waals surface area contributed by atoms with E-state index in [0.717, 1.165) is 38.9 Å². The lowest BCUT2D eigenvalue weighted by molar-refractivity contribution is -0.257. The first-order chi connectivity index (χ1) is 7.66. The molecule has 0 radical (unpaired) electrons. The second-order valence-corrected chi connectivity index (χ2v) is 5.07. The number of hydrogen-bond donors (Lipinski definition) is 1. The van der Waals surface area contributed by atoms with Gasteiger partial charge in [-0.25, -0.2) is 4.90 Å². The first-order valence-electron chi connectivity index (χ1n) is 6.47. The van der Waals surface area contributed by atoms with Gasteiger partial charge in [0.25, 0.3) is 0 Å². The second kappa shape index (κ2) is 5.00. The van der Waals surface area contributed by atoms with Crippen LogP contribution in [0.5, 0.6) is 0 Å². The molecule has 2 aliphatic rings. The van der Waals surface area contributed by atoms with Crippen LogP contribution in [-0.2, 0) is 9.47 Å². The smallest absolute Gasteiger partial charge is 0.230 e. The predicted molar refractivity (Wildman–Crippen MR) is 62.9 cm³/mol. The summed E-state index contributed by atoms with van der Waals surface area (Å²) in [4.78, 5) is 2.35. The van der Waals surface area contributed by atoms with Crippen LogP contribution in [0.1, 0.15) is 39.5 Å². The van der Waals surface area contributed by atoms with Crippen molar-refractivity contribution in [1.82, 2.24) is 4.90 Å². The Morgan fingerprint density at radius 1 is 1.12 bits per heavy atom. The lowest BCUT2D eigenvalue weighted by atomic mass is 10.1. The maximum Gasteiger partial charge on any atom is 0.230 e. The van der Waals surface area contributed by atoms with Crippen LogP contribution in [0.15, 0.2) is 0 Å². The van der Waals surface area contributed by atoms with E-state index in [1.54, 1.807) is 0 Å². The van der Waals surface area contributed by atoms with Crippen molar-refractivity contribution < 1.29 is 9.47 Å². The molecule has 0 amide bonds. The maximum absolute atomic E-state index is 6.00. The van der Waals surface area contributed by atoms with Gasteiger partial charge >= 0.3 is 0 Å². The van der Waals surface area contributed by atoms with E-state index >= 15 is 0 Å². The normalized spacial score (nSPS) is 39.2. The average molecular weight is 228 g/mol. The number of unbranched alkanes of at least 4 members (excludes halogenated alkanes) is 2. The lowest BCUT2D eigenvalue weighted by Crippen LogP contribution is -2.40. The van der Waals surface area contributed by atoms with Crippen molar-refractivity contribution in [3.8, 4) is 0 Å². The third kappa shape index (κ3) is 2.40. The molecule has 2 aliphatic heterocycles. The average Bonchev–Trinajstić information content (AvgIpc) is 2.64. The predicted octanol–water partition coefficient (Wildman–Crippen LogP) is 1.30. The first kappa shape index (κ1) is 12.3. The highest BCUT2D eigenvalue weighted by Gasteiger charge is 2.51. The van der Waals surface area contributed by atoms with E-state index in [1.807, 2.05) is 0 Å². The largest absolute Gasteiger partial charge is 0.333 e. The van der Waals surface area contributed by atoms with Crippen LogP contribution in [0.25, 0.3) is 0 Å². The van der Waals surface area contributed by atoms with Gasteiger partial charge in [-0.2, -0.15) is 0 Å². The highest BCUT2D eigenvalue weighted by molar-refractivity contribution is 4.89. The van der Waals surface area contributed by atoms with Gasteiger partial charge in [-0.1, -0.05) is 6.42 Å². The topological polar surface area (TPSA) is 47.7 Å². The molecule has 2 fully saturated rings. The Hall–Kier alpha value is -0.160. The molecule has 16 heavy (non-hydrogen) atoms. The van der Waals surface area contributed by atoms with Crippen LogP contribution in [0.2, 0.25) is 0 Å². The fourth-order valence-electron chi connectivity index (χ4n) is 2.80. The molecule has 2 N–H and O–H groups in total. The second-order valence-electron chi connectivity index (χ2n) is 5.07. The van der Waals surface area contributed by atoms with Gasteiger partial charge in [-0.05, 0) is 33.2 Å². The number of nitrogens with two attached hydrogens (primary N) is 1. The molecule has 0 aromatic rings. The molecule has 0 saturated carbocycles. The molecule has 2 unspecified atom stereocenters. The molecule has 94 valence electrons. The molecule has 2 heterocycles. The fraction of sp³-hybridized carbons (Fsp3) is 1.00. The Morgan fingerprint density at radius 3 is 2.31 bits per heavy atom. The third-order valence-electron chi connectivity index (χ3n) is 3.40. The summed E-state index contributed by atoms with van der Waals surface area (Å²) in [6.07, 6.45) is 4.96. The summed E-state index contributed by atoms with van der Waals surface area (Å²) in [5, 5.41) is 0. The number of ether oxygens (including phenoxy) is 2. The number of nitrogens with zero attached hydrogens (tertiary/aromatic N) is 1. The van der Waals surface area contributed by atoms with Crippen molar-refractivity contribution in [2.24, 2.45) is 5.73 Å². The maximum atomic E-state index is 6.00. The van der Waals surface area contributed by atoms with Crippen molar-refractivity contribution >= 4 is 0 Å². The summed E-state index contributed by atoms with van der Waals surface area (Å²) in [7, 11) is 0. The lowest BCUT2D eigenvalue weighted by Gasteiger charge is -2.29. The zero-order valence-corrected chi connectivity index (χ0v) is 10.4. The van der Waals surface area contributed by atoms with Gasteiger partial charge in [-0.15, -0.1) is 0 Å². The molecule has 0 aromatic carbocycles. The summed E-state index contributed by atoms with van der Waals surface area (Å²) in [6.45, 7) is 7.02. The number of rotatable bonds is 5. The Morgan fingerprint density at radius 2 is 1.75 bits per heavy atom. The number of fused-ring (bicyclic) bond motifs is 1. The standard InChI is InChI=1S/C12H24N2O2/c1-10-8-14-9-11(2)16-12(14,15-10)6-4-3-5-7-13/h10-11H,3-9,13H2,1-2H3. The van der Waals surface area contributed by atoms with Gasteiger partial charge in [-0.3, -0.25) is 0 Å². The van der Waals surface area contributed by atoms with Crippen LogP contribution < -0.4 is 5.73 Å². The van der Waals surface area contributed by atoms with Gasteiger partial charge in [0.15, 0.2) is 0 Å². The molecule has 2 atom stereocenters. The Kier molecular flexibility index (Phi) is 3.85. The molecule has 2 rings (SSSR count). The molecular formula is C12H24N2O2. The van der Waals surface area contributed by atoms with Crippen molar-refractivity contribution in [2.45, 2.75) is 57.6 Å². The summed E-state index contributed by atoms with van der Waals surface area (Å²) >= 11 is 0.